The maximum Gasteiger partial charge on any atom is 0.319 e. The van der Waals surface area contributed by atoms with E-state index in [4.69, 9.17) is 20.9 Å². The molecule has 10 nitrogen and oxygen atoms in total. The number of rotatable bonds is 6. The molecule has 8 rings (SSSR count). The number of aromatic hydroxyl groups is 1. The molecule has 4 aromatic rings. The second-order valence-corrected chi connectivity index (χ2v) is 12.7. The van der Waals surface area contributed by atoms with E-state index in [-0.39, 0.29) is 70.0 Å². The van der Waals surface area contributed by atoms with Crippen molar-refractivity contribution in [1.29, 1.82) is 0 Å². The summed E-state index contributed by atoms with van der Waals surface area (Å²) in [6, 6.07) is 5.11. The highest BCUT2D eigenvalue weighted by molar-refractivity contribution is 6.04. The van der Waals surface area contributed by atoms with Gasteiger partial charge in [0.05, 0.1) is 17.6 Å². The van der Waals surface area contributed by atoms with Crippen LogP contribution in [0, 0.1) is 24.0 Å². The Hall–Kier alpha value is -4.83. The lowest BCUT2D eigenvalue weighted by Crippen LogP contribution is -2.43. The van der Waals surface area contributed by atoms with Crippen molar-refractivity contribution >= 4 is 33.9 Å². The van der Waals surface area contributed by atoms with Crippen molar-refractivity contribution in [2.75, 3.05) is 50.8 Å². The Labute approximate surface area is 268 Å². The monoisotopic (exact) mass is 644 g/mol. The molecule has 2 aromatic heterocycles. The molecule has 1 unspecified atom stereocenters. The number of carbonyl (C=O) groups excluding carboxylic acids is 1. The van der Waals surface area contributed by atoms with Crippen LogP contribution in [0.1, 0.15) is 31.2 Å². The molecule has 6 heterocycles. The zero-order valence-corrected chi connectivity index (χ0v) is 25.4. The number of pyridine rings is 1. The third kappa shape index (κ3) is 4.76. The largest absolute Gasteiger partial charge is 0.508 e. The first-order valence-electron chi connectivity index (χ1n) is 15.7. The molecule has 2 aromatic carbocycles. The van der Waals surface area contributed by atoms with Gasteiger partial charge in [0.1, 0.15) is 53.4 Å². The van der Waals surface area contributed by atoms with Gasteiger partial charge in [-0.05, 0) is 49.4 Å². The number of terminal acetylenes is 1. The minimum absolute atomic E-state index is 0.0532. The molecule has 242 valence electrons. The van der Waals surface area contributed by atoms with E-state index in [1.54, 1.807) is 4.90 Å². The van der Waals surface area contributed by atoms with Gasteiger partial charge in [-0.1, -0.05) is 12.0 Å². The van der Waals surface area contributed by atoms with Crippen molar-refractivity contribution in [3.63, 3.8) is 0 Å². The normalized spacial score (nSPS) is 24.0. The van der Waals surface area contributed by atoms with Gasteiger partial charge in [0, 0.05) is 43.0 Å². The lowest BCUT2D eigenvalue weighted by molar-refractivity contribution is -0.117. The van der Waals surface area contributed by atoms with Gasteiger partial charge in [0.25, 0.3) is 0 Å². The van der Waals surface area contributed by atoms with Gasteiger partial charge in [-0.15, -0.1) is 6.42 Å². The fourth-order valence-corrected chi connectivity index (χ4v) is 7.88. The van der Waals surface area contributed by atoms with E-state index in [9.17, 15) is 18.7 Å². The van der Waals surface area contributed by atoms with Crippen LogP contribution < -0.4 is 14.4 Å². The van der Waals surface area contributed by atoms with Gasteiger partial charge in [0.15, 0.2) is 5.82 Å². The summed E-state index contributed by atoms with van der Waals surface area (Å²) in [5, 5.41) is 11.4. The van der Waals surface area contributed by atoms with Crippen molar-refractivity contribution in [1.82, 2.24) is 24.8 Å². The Kier molecular flexibility index (Phi) is 7.02. The Morgan fingerprint density at radius 3 is 2.83 bits per heavy atom. The molecule has 0 aliphatic carbocycles. The number of hydrogen-bond donors (Lipinski definition) is 1. The number of benzene rings is 2. The quantitative estimate of drug-likeness (QED) is 0.245. The molecule has 3 saturated heterocycles. The fraction of sp³-hybridized carbons (Fsp3) is 0.412. The van der Waals surface area contributed by atoms with Gasteiger partial charge in [0.2, 0.25) is 12.3 Å². The Morgan fingerprint density at radius 2 is 2.02 bits per heavy atom. The highest BCUT2D eigenvalue weighted by atomic mass is 19.1. The maximum atomic E-state index is 17.0. The van der Waals surface area contributed by atoms with Crippen LogP contribution in [0.3, 0.4) is 0 Å². The van der Waals surface area contributed by atoms with Crippen molar-refractivity contribution < 1.29 is 32.5 Å². The third-order valence-electron chi connectivity index (χ3n) is 10.0. The van der Waals surface area contributed by atoms with Crippen molar-refractivity contribution in [3.05, 3.63) is 41.5 Å². The predicted molar refractivity (Wildman–Crippen MR) is 167 cm³/mol. The minimum Gasteiger partial charge on any atom is -0.508 e. The van der Waals surface area contributed by atoms with Crippen LogP contribution in [0.15, 0.2) is 24.3 Å². The molecule has 3 atom stereocenters. The van der Waals surface area contributed by atoms with Crippen molar-refractivity contribution in [3.8, 4) is 41.2 Å². The molecular formula is C34H31F3N6O4. The first-order chi connectivity index (χ1) is 22.8. The SMILES string of the molecule is C#Cc1c(F)ccc2cc(O)cc(-c3nc4c5c(nc(OC[C@@]67CCCN6C[C@H](F)C7)nc5c3F)N(C3CCN(C=O)C3)CCO4)c12. The average Bonchev–Trinajstić information content (AvgIpc) is 3.73. The summed E-state index contributed by atoms with van der Waals surface area (Å²) >= 11 is 0. The van der Waals surface area contributed by atoms with Crippen LogP contribution in [-0.2, 0) is 4.79 Å². The molecule has 0 saturated carbocycles. The lowest BCUT2D eigenvalue weighted by atomic mass is 9.95. The molecule has 1 amide bonds. The number of nitrogens with zero attached hydrogens (tertiary/aromatic N) is 6. The summed E-state index contributed by atoms with van der Waals surface area (Å²) in [5.74, 6) is 1.01. The van der Waals surface area contributed by atoms with E-state index in [0.717, 1.165) is 25.8 Å². The molecule has 1 N–H and O–H groups in total. The molecule has 0 bridgehead atoms. The third-order valence-corrected chi connectivity index (χ3v) is 10.0. The molecule has 0 spiro atoms. The smallest absolute Gasteiger partial charge is 0.319 e. The molecule has 4 aliphatic rings. The van der Waals surface area contributed by atoms with E-state index in [0.29, 0.717) is 50.2 Å². The first-order valence-corrected chi connectivity index (χ1v) is 15.7. The minimum atomic E-state index is -0.958. The maximum absolute atomic E-state index is 17.0. The van der Waals surface area contributed by atoms with Gasteiger partial charge >= 0.3 is 6.01 Å². The number of phenols is 1. The molecule has 3 fully saturated rings. The molecule has 4 aliphatic heterocycles. The zero-order chi connectivity index (χ0) is 32.4. The average molecular weight is 645 g/mol. The Bertz CT molecular complexity index is 1990. The van der Waals surface area contributed by atoms with E-state index in [2.05, 4.69) is 20.8 Å². The number of anilines is 1. The van der Waals surface area contributed by atoms with Crippen molar-refractivity contribution in [2.24, 2.45) is 0 Å². The second-order valence-electron chi connectivity index (χ2n) is 12.7. The number of alkyl halides is 1. The van der Waals surface area contributed by atoms with Crippen molar-refractivity contribution in [2.45, 2.75) is 43.4 Å². The summed E-state index contributed by atoms with van der Waals surface area (Å²) in [7, 11) is 0. The summed E-state index contributed by atoms with van der Waals surface area (Å²) in [6.45, 7) is 2.78. The summed E-state index contributed by atoms with van der Waals surface area (Å²) in [4.78, 5) is 31.2. The van der Waals surface area contributed by atoms with Crippen LogP contribution in [-0.4, -0.2) is 100.0 Å². The van der Waals surface area contributed by atoms with Gasteiger partial charge in [-0.2, -0.15) is 9.97 Å². The molecular weight excluding hydrogens is 613 g/mol. The highest BCUT2D eigenvalue weighted by Gasteiger charge is 2.49. The summed E-state index contributed by atoms with van der Waals surface area (Å²) in [5.41, 5.74) is -0.924. The number of fused-ring (bicyclic) bond motifs is 2. The van der Waals surface area contributed by atoms with E-state index in [1.165, 1.54) is 24.3 Å². The standard InChI is InChI=1S/C34H31F3N6O4/c1-2-23-25(36)5-4-19-12-22(45)13-24(26(19)23)29-28(37)30-27-31(43(10-11-46-32(27)38-29)21-6-9-41(16-21)18-44)40-33(39-30)47-17-34-7-3-8-42(34)15-20(35)14-34/h1,4-5,12-13,18,20-21,45H,3,6-11,14-17H2/t20-,21?,34+/m1/s1. The zero-order valence-electron chi connectivity index (χ0n) is 25.4. The molecule has 13 heteroatoms. The van der Waals surface area contributed by atoms with Crippen LogP contribution in [0.4, 0.5) is 19.0 Å². The number of hydrogen-bond acceptors (Lipinski definition) is 9. The van der Waals surface area contributed by atoms with Gasteiger partial charge in [-0.25, -0.2) is 18.2 Å². The van der Waals surface area contributed by atoms with E-state index < -0.39 is 23.3 Å². The number of ether oxygens (including phenoxy) is 2. The number of halogens is 3. The fourth-order valence-electron chi connectivity index (χ4n) is 7.88. The van der Waals surface area contributed by atoms with E-state index in [1.807, 2.05) is 4.90 Å². The lowest BCUT2D eigenvalue weighted by Gasteiger charge is -2.31. The molecule has 0 radical (unpaired) electrons. The van der Waals surface area contributed by atoms with Gasteiger partial charge < -0.3 is 24.4 Å². The first kappa shape index (κ1) is 29.6. The van der Waals surface area contributed by atoms with Gasteiger partial charge in [-0.3, -0.25) is 9.69 Å². The number of phenolic OH excluding ortho intramolecular Hbond substituents is 1. The molecule has 47 heavy (non-hydrogen) atoms. The number of carbonyl (C=O) groups is 1. The number of likely N-dealkylation sites (tertiary alicyclic amines) is 1. The van der Waals surface area contributed by atoms with Crippen LogP contribution in [0.5, 0.6) is 17.6 Å². The van der Waals surface area contributed by atoms with Crippen LogP contribution in [0.2, 0.25) is 0 Å². The highest BCUT2D eigenvalue weighted by Crippen LogP contribution is 2.44. The van der Waals surface area contributed by atoms with E-state index >= 15 is 4.39 Å². The second kappa shape index (κ2) is 11.2. The number of amides is 1. The van der Waals surface area contributed by atoms with Crippen LogP contribution >= 0.6 is 0 Å². The summed E-state index contributed by atoms with van der Waals surface area (Å²) < 4.78 is 58.8. The Balaban J connectivity index is 1.32. The predicted octanol–water partition coefficient (Wildman–Crippen LogP) is 4.19. The topological polar surface area (TPSA) is 104 Å². The Morgan fingerprint density at radius 1 is 1.15 bits per heavy atom. The number of aromatic nitrogens is 3. The summed E-state index contributed by atoms with van der Waals surface area (Å²) in [6.07, 6.45) is 8.23. The van der Waals surface area contributed by atoms with Crippen LogP contribution in [0.25, 0.3) is 32.9 Å².